The van der Waals surface area contributed by atoms with E-state index in [0.717, 1.165) is 17.2 Å². The maximum Gasteiger partial charge on any atom is 0.312 e. The Kier molecular flexibility index (Phi) is 4.66. The minimum absolute atomic E-state index is 0.0393. The van der Waals surface area contributed by atoms with Gasteiger partial charge in [0.2, 0.25) is 5.75 Å². The van der Waals surface area contributed by atoms with Crippen LogP contribution in [0.2, 0.25) is 5.02 Å². The van der Waals surface area contributed by atoms with Crippen LogP contribution in [0.4, 0.5) is 11.4 Å². The molecule has 1 heterocycles. The number of nitrogens with one attached hydrogen (secondary N) is 1. The zero-order valence-electron chi connectivity index (χ0n) is 12.8. The highest BCUT2D eigenvalue weighted by molar-refractivity contribution is 9.10. The van der Waals surface area contributed by atoms with Gasteiger partial charge in [-0.2, -0.15) is 0 Å². The molecule has 1 saturated heterocycles. The highest BCUT2D eigenvalue weighted by Gasteiger charge is 2.35. The predicted molar refractivity (Wildman–Crippen MR) is 97.5 cm³/mol. The molecular formula is C16H9BrClN3O5. The lowest BCUT2D eigenvalue weighted by molar-refractivity contribution is -0.385. The van der Waals surface area contributed by atoms with Crippen LogP contribution in [0.3, 0.4) is 0 Å². The first-order valence-corrected chi connectivity index (χ1v) is 8.24. The molecule has 3 rings (SSSR count). The third-order valence-corrected chi connectivity index (χ3v) is 4.27. The van der Waals surface area contributed by atoms with Crippen LogP contribution in [-0.2, 0) is 9.59 Å². The molecule has 0 bridgehead atoms. The van der Waals surface area contributed by atoms with Crippen molar-refractivity contribution in [3.63, 3.8) is 0 Å². The fraction of sp³-hybridized carbons (Fsp3) is 0. The molecule has 0 radical (unpaired) electrons. The van der Waals surface area contributed by atoms with Gasteiger partial charge in [-0.1, -0.05) is 27.5 Å². The second-order valence-electron chi connectivity index (χ2n) is 5.24. The normalized spacial score (nSPS) is 15.5. The van der Waals surface area contributed by atoms with E-state index < -0.39 is 28.2 Å². The van der Waals surface area contributed by atoms with Gasteiger partial charge >= 0.3 is 5.69 Å². The number of amides is 2. The fourth-order valence-corrected chi connectivity index (χ4v) is 2.93. The molecular weight excluding hydrogens is 430 g/mol. The number of aromatic hydroxyl groups is 1. The average molecular weight is 439 g/mol. The molecule has 2 aromatic rings. The van der Waals surface area contributed by atoms with Crippen LogP contribution in [0, 0.1) is 10.1 Å². The second-order valence-corrected chi connectivity index (χ2v) is 6.59. The Morgan fingerprint density at radius 1 is 1.23 bits per heavy atom. The summed E-state index contributed by atoms with van der Waals surface area (Å²) in [6.07, 6.45) is 1.10. The maximum absolute atomic E-state index is 12.5. The van der Waals surface area contributed by atoms with E-state index in [1.165, 1.54) is 6.07 Å². The van der Waals surface area contributed by atoms with E-state index in [-0.39, 0.29) is 11.1 Å². The highest BCUT2D eigenvalue weighted by Crippen LogP contribution is 2.35. The van der Waals surface area contributed by atoms with E-state index in [4.69, 9.17) is 11.6 Å². The van der Waals surface area contributed by atoms with Gasteiger partial charge in [-0.3, -0.25) is 25.1 Å². The molecule has 1 fully saturated rings. The topological polar surface area (TPSA) is 113 Å². The summed E-state index contributed by atoms with van der Waals surface area (Å²) >= 11 is 8.90. The number of hydrazine groups is 1. The molecule has 0 aliphatic carbocycles. The van der Waals surface area contributed by atoms with Crippen LogP contribution in [0.5, 0.6) is 5.75 Å². The van der Waals surface area contributed by atoms with Crippen molar-refractivity contribution in [2.75, 3.05) is 5.01 Å². The molecule has 10 heteroatoms. The first-order chi connectivity index (χ1) is 12.3. The summed E-state index contributed by atoms with van der Waals surface area (Å²) < 4.78 is 0.314. The van der Waals surface area contributed by atoms with Crippen molar-refractivity contribution in [1.29, 1.82) is 0 Å². The Hall–Kier alpha value is -2.91. The number of hydrogen-bond donors (Lipinski definition) is 2. The number of rotatable bonds is 3. The molecule has 132 valence electrons. The molecule has 8 nitrogen and oxygen atoms in total. The molecule has 0 atom stereocenters. The molecule has 2 aromatic carbocycles. The molecule has 1 aliphatic heterocycles. The Bertz CT molecular complexity index is 975. The zero-order chi connectivity index (χ0) is 19.0. The lowest BCUT2D eigenvalue weighted by Gasteiger charge is -2.14. The van der Waals surface area contributed by atoms with Gasteiger partial charge in [-0.25, -0.2) is 5.01 Å². The van der Waals surface area contributed by atoms with Crippen molar-refractivity contribution in [3.05, 3.63) is 67.1 Å². The number of benzene rings is 2. The van der Waals surface area contributed by atoms with E-state index in [1.54, 1.807) is 24.3 Å². The summed E-state index contributed by atoms with van der Waals surface area (Å²) in [5, 5.41) is 22.5. The summed E-state index contributed by atoms with van der Waals surface area (Å²) in [5.74, 6) is -2.01. The summed E-state index contributed by atoms with van der Waals surface area (Å²) in [4.78, 5) is 34.9. The first-order valence-electron chi connectivity index (χ1n) is 7.07. The molecule has 0 unspecified atom stereocenters. The van der Waals surface area contributed by atoms with Gasteiger partial charge < -0.3 is 5.11 Å². The number of carbonyl (C=O) groups is 2. The maximum atomic E-state index is 12.5. The van der Waals surface area contributed by atoms with Gasteiger partial charge in [0.25, 0.3) is 11.8 Å². The smallest absolute Gasteiger partial charge is 0.312 e. The molecule has 2 amide bonds. The zero-order valence-corrected chi connectivity index (χ0v) is 15.1. The summed E-state index contributed by atoms with van der Waals surface area (Å²) in [6, 6.07) is 8.69. The lowest BCUT2D eigenvalue weighted by Crippen LogP contribution is -2.35. The third-order valence-electron chi connectivity index (χ3n) is 3.56. The van der Waals surface area contributed by atoms with E-state index >= 15 is 0 Å². The minimum atomic E-state index is -0.765. The summed E-state index contributed by atoms with van der Waals surface area (Å²) in [7, 11) is 0. The van der Waals surface area contributed by atoms with Crippen molar-refractivity contribution in [2.45, 2.75) is 0 Å². The Morgan fingerprint density at radius 3 is 2.50 bits per heavy atom. The van der Waals surface area contributed by atoms with Gasteiger partial charge in [0.1, 0.15) is 5.57 Å². The number of nitro groups is 1. The third kappa shape index (κ3) is 3.26. The first kappa shape index (κ1) is 17.9. The fourth-order valence-electron chi connectivity index (χ4n) is 2.34. The Morgan fingerprint density at radius 2 is 1.88 bits per heavy atom. The largest absolute Gasteiger partial charge is 0.502 e. The van der Waals surface area contributed by atoms with Gasteiger partial charge in [0.15, 0.2) is 0 Å². The summed E-state index contributed by atoms with van der Waals surface area (Å²) in [6.45, 7) is 0. The van der Waals surface area contributed by atoms with Gasteiger partial charge in [-0.15, -0.1) is 0 Å². The Balaban J connectivity index is 2.02. The van der Waals surface area contributed by atoms with Crippen LogP contribution in [-0.4, -0.2) is 21.8 Å². The van der Waals surface area contributed by atoms with E-state index in [0.29, 0.717) is 15.2 Å². The van der Waals surface area contributed by atoms with Crippen molar-refractivity contribution >= 4 is 56.8 Å². The van der Waals surface area contributed by atoms with Crippen LogP contribution in [0.1, 0.15) is 5.56 Å². The number of phenols is 1. The van der Waals surface area contributed by atoms with Gasteiger partial charge in [0, 0.05) is 21.1 Å². The molecule has 2 N–H and O–H groups in total. The van der Waals surface area contributed by atoms with Gasteiger partial charge in [0.05, 0.1) is 10.6 Å². The quantitative estimate of drug-likeness (QED) is 0.331. The number of anilines is 1. The van der Waals surface area contributed by atoms with Crippen molar-refractivity contribution in [2.24, 2.45) is 0 Å². The van der Waals surface area contributed by atoms with Crippen molar-refractivity contribution in [3.8, 4) is 5.75 Å². The molecule has 26 heavy (non-hydrogen) atoms. The van der Waals surface area contributed by atoms with Crippen LogP contribution >= 0.6 is 27.5 Å². The summed E-state index contributed by atoms with van der Waals surface area (Å²) in [5.41, 5.74) is 1.91. The predicted octanol–water partition coefficient (Wildman–Crippen LogP) is 3.18. The SMILES string of the molecule is O=C1NN(c2ccc(Cl)cc2)C(=O)/C1=C\c1cc(Br)cc([N+](=O)[O-])c1O. The van der Waals surface area contributed by atoms with E-state index in [1.807, 2.05) is 0 Å². The molecule has 0 spiro atoms. The van der Waals surface area contributed by atoms with Crippen molar-refractivity contribution in [1.82, 2.24) is 5.43 Å². The van der Waals surface area contributed by atoms with Gasteiger partial charge in [-0.05, 0) is 36.4 Å². The highest BCUT2D eigenvalue weighted by atomic mass is 79.9. The van der Waals surface area contributed by atoms with Crippen LogP contribution in [0.25, 0.3) is 6.08 Å². The van der Waals surface area contributed by atoms with E-state index in [2.05, 4.69) is 21.4 Å². The lowest BCUT2D eigenvalue weighted by atomic mass is 10.1. The number of halogens is 2. The monoisotopic (exact) mass is 437 g/mol. The van der Waals surface area contributed by atoms with E-state index in [9.17, 15) is 24.8 Å². The minimum Gasteiger partial charge on any atom is -0.502 e. The number of carbonyl (C=O) groups excluding carboxylic acids is 2. The second kappa shape index (κ2) is 6.77. The van der Waals surface area contributed by atoms with Crippen LogP contribution < -0.4 is 10.4 Å². The number of nitro benzene ring substituents is 1. The molecule has 0 saturated carbocycles. The standard InChI is InChI=1S/C16H9BrClN3O5/c17-9-5-8(14(22)13(7-9)21(25)26)6-12-15(23)19-20(16(12)24)11-3-1-10(18)2-4-11/h1-7,22H,(H,19,23)/b12-6-. The molecule has 0 aromatic heterocycles. The average Bonchev–Trinajstić information content (AvgIpc) is 2.86. The number of nitrogens with zero attached hydrogens (tertiary/aromatic N) is 2. The number of hydrogen-bond acceptors (Lipinski definition) is 5. The Labute approximate surface area is 159 Å². The number of phenolic OH excluding ortho intramolecular Hbond substituents is 1. The van der Waals surface area contributed by atoms with Crippen molar-refractivity contribution < 1.29 is 19.6 Å². The molecule has 1 aliphatic rings. The van der Waals surface area contributed by atoms with Crippen LogP contribution in [0.15, 0.2) is 46.4 Å².